The van der Waals surface area contributed by atoms with Crippen LogP contribution >= 0.6 is 27.7 Å². The SMILES string of the molecule is CCOC(=O)C1=C(C)N=C2SC=CN2C1c1cc(Br)c(OC)c(OC)c1. The van der Waals surface area contributed by atoms with E-state index in [0.29, 0.717) is 29.4 Å². The highest BCUT2D eigenvalue weighted by Crippen LogP contribution is 2.45. The van der Waals surface area contributed by atoms with Crippen LogP contribution in [0.3, 0.4) is 0 Å². The van der Waals surface area contributed by atoms with E-state index in [-0.39, 0.29) is 12.0 Å². The Morgan fingerprint density at radius 3 is 2.77 bits per heavy atom. The maximum absolute atomic E-state index is 12.7. The van der Waals surface area contributed by atoms with Crippen molar-refractivity contribution < 1.29 is 19.0 Å². The molecule has 2 heterocycles. The summed E-state index contributed by atoms with van der Waals surface area (Å²) in [6.45, 7) is 3.93. The molecule has 26 heavy (non-hydrogen) atoms. The van der Waals surface area contributed by atoms with Crippen LogP contribution in [0.4, 0.5) is 0 Å². The second-order valence-electron chi connectivity index (χ2n) is 5.56. The summed E-state index contributed by atoms with van der Waals surface area (Å²) < 4.78 is 16.9. The number of halogens is 1. The number of carbonyl (C=O) groups is 1. The number of esters is 1. The molecule has 0 aromatic heterocycles. The van der Waals surface area contributed by atoms with E-state index in [4.69, 9.17) is 14.2 Å². The van der Waals surface area contributed by atoms with Gasteiger partial charge in [-0.2, -0.15) is 0 Å². The van der Waals surface area contributed by atoms with E-state index in [1.165, 1.54) is 11.8 Å². The normalized spacial score (nSPS) is 18.6. The van der Waals surface area contributed by atoms with Gasteiger partial charge >= 0.3 is 5.97 Å². The molecule has 1 aromatic carbocycles. The van der Waals surface area contributed by atoms with Gasteiger partial charge in [-0.05, 0) is 52.9 Å². The molecule has 0 bridgehead atoms. The average Bonchev–Trinajstić information content (AvgIpc) is 3.07. The largest absolute Gasteiger partial charge is 0.493 e. The second kappa shape index (κ2) is 7.75. The van der Waals surface area contributed by atoms with Gasteiger partial charge in [-0.15, -0.1) is 0 Å². The van der Waals surface area contributed by atoms with E-state index in [9.17, 15) is 4.79 Å². The molecule has 1 unspecified atom stereocenters. The minimum absolute atomic E-state index is 0.305. The first-order valence-electron chi connectivity index (χ1n) is 8.01. The molecule has 138 valence electrons. The van der Waals surface area contributed by atoms with Crippen molar-refractivity contribution in [1.29, 1.82) is 0 Å². The van der Waals surface area contributed by atoms with Gasteiger partial charge < -0.3 is 19.1 Å². The fourth-order valence-corrected chi connectivity index (χ4v) is 4.41. The van der Waals surface area contributed by atoms with Gasteiger partial charge in [0.05, 0.1) is 42.6 Å². The van der Waals surface area contributed by atoms with E-state index in [2.05, 4.69) is 20.9 Å². The third kappa shape index (κ3) is 3.23. The van der Waals surface area contributed by atoms with Gasteiger partial charge in [-0.1, -0.05) is 11.8 Å². The fourth-order valence-electron chi connectivity index (χ4n) is 2.99. The number of rotatable bonds is 5. The molecule has 1 aromatic rings. The molecule has 1 atom stereocenters. The predicted molar refractivity (Wildman–Crippen MR) is 105 cm³/mol. The monoisotopic (exact) mass is 438 g/mol. The Balaban J connectivity index is 2.16. The van der Waals surface area contributed by atoms with Crippen LogP contribution in [-0.2, 0) is 9.53 Å². The summed E-state index contributed by atoms with van der Waals surface area (Å²) >= 11 is 5.05. The number of hydrogen-bond donors (Lipinski definition) is 0. The zero-order chi connectivity index (χ0) is 18.8. The van der Waals surface area contributed by atoms with Crippen LogP contribution in [0.25, 0.3) is 0 Å². The van der Waals surface area contributed by atoms with Crippen LogP contribution in [0.2, 0.25) is 0 Å². The molecule has 8 heteroatoms. The van der Waals surface area contributed by atoms with Gasteiger partial charge in [0, 0.05) is 6.20 Å². The number of benzene rings is 1. The van der Waals surface area contributed by atoms with Gasteiger partial charge in [0.2, 0.25) is 0 Å². The van der Waals surface area contributed by atoms with Crippen molar-refractivity contribution in [2.24, 2.45) is 4.99 Å². The molecular weight excluding hydrogens is 420 g/mol. The molecule has 0 radical (unpaired) electrons. The molecular formula is C18H19BrN2O4S. The first-order valence-corrected chi connectivity index (χ1v) is 9.68. The highest BCUT2D eigenvalue weighted by atomic mass is 79.9. The molecule has 0 fully saturated rings. The molecule has 0 spiro atoms. The third-order valence-electron chi connectivity index (χ3n) is 4.09. The summed E-state index contributed by atoms with van der Waals surface area (Å²) in [4.78, 5) is 19.2. The molecule has 2 aliphatic heterocycles. The molecule has 2 aliphatic rings. The van der Waals surface area contributed by atoms with Gasteiger partial charge in [0.15, 0.2) is 16.7 Å². The maximum Gasteiger partial charge on any atom is 0.338 e. The molecule has 6 nitrogen and oxygen atoms in total. The minimum atomic E-state index is -0.367. The van der Waals surface area contributed by atoms with E-state index >= 15 is 0 Å². The number of thioether (sulfide) groups is 1. The van der Waals surface area contributed by atoms with Gasteiger partial charge in [0.1, 0.15) is 0 Å². The number of nitrogens with zero attached hydrogens (tertiary/aromatic N) is 2. The number of carbonyl (C=O) groups excluding carboxylic acids is 1. The molecule has 0 saturated heterocycles. The Bertz CT molecular complexity index is 835. The summed E-state index contributed by atoms with van der Waals surface area (Å²) in [6.07, 6.45) is 1.92. The van der Waals surface area contributed by atoms with Crippen LogP contribution in [0.1, 0.15) is 25.5 Å². The van der Waals surface area contributed by atoms with Crippen molar-refractivity contribution in [1.82, 2.24) is 4.90 Å². The molecule has 0 amide bonds. The minimum Gasteiger partial charge on any atom is -0.493 e. The molecule has 0 aliphatic carbocycles. The van der Waals surface area contributed by atoms with Gasteiger partial charge in [-0.25, -0.2) is 9.79 Å². The van der Waals surface area contributed by atoms with Crippen molar-refractivity contribution in [2.75, 3.05) is 20.8 Å². The van der Waals surface area contributed by atoms with Crippen molar-refractivity contribution in [3.63, 3.8) is 0 Å². The van der Waals surface area contributed by atoms with Crippen LogP contribution < -0.4 is 9.47 Å². The van der Waals surface area contributed by atoms with E-state index in [1.54, 1.807) is 21.1 Å². The number of ether oxygens (including phenoxy) is 3. The van der Waals surface area contributed by atoms with Gasteiger partial charge in [-0.3, -0.25) is 0 Å². The number of amidine groups is 1. The summed E-state index contributed by atoms with van der Waals surface area (Å²) in [5.41, 5.74) is 2.04. The summed E-state index contributed by atoms with van der Waals surface area (Å²) in [7, 11) is 3.17. The quantitative estimate of drug-likeness (QED) is 0.640. The predicted octanol–water partition coefficient (Wildman–Crippen LogP) is 4.23. The molecule has 0 saturated carbocycles. The lowest BCUT2D eigenvalue weighted by Gasteiger charge is -2.33. The highest BCUT2D eigenvalue weighted by molar-refractivity contribution is 9.10. The average molecular weight is 439 g/mol. The van der Waals surface area contributed by atoms with E-state index in [1.807, 2.05) is 35.6 Å². The Labute approximate surface area is 165 Å². The summed E-state index contributed by atoms with van der Waals surface area (Å²) in [6, 6.07) is 3.45. The Hall–Kier alpha value is -1.93. The lowest BCUT2D eigenvalue weighted by atomic mass is 9.94. The Morgan fingerprint density at radius 1 is 1.35 bits per heavy atom. The lowest BCUT2D eigenvalue weighted by Crippen LogP contribution is -2.34. The van der Waals surface area contributed by atoms with Gasteiger partial charge in [0.25, 0.3) is 0 Å². The van der Waals surface area contributed by atoms with Crippen molar-refractivity contribution in [2.45, 2.75) is 19.9 Å². The van der Waals surface area contributed by atoms with Crippen LogP contribution in [0.5, 0.6) is 11.5 Å². The van der Waals surface area contributed by atoms with Crippen LogP contribution in [0, 0.1) is 0 Å². The lowest BCUT2D eigenvalue weighted by molar-refractivity contribution is -0.139. The van der Waals surface area contributed by atoms with Crippen molar-refractivity contribution in [3.05, 3.63) is 45.0 Å². The third-order valence-corrected chi connectivity index (χ3v) is 5.45. The number of fused-ring (bicyclic) bond motifs is 1. The smallest absolute Gasteiger partial charge is 0.338 e. The first-order chi connectivity index (χ1) is 12.5. The standard InChI is InChI=1S/C18H19BrN2O4S/c1-5-25-17(22)14-10(2)20-18-21(6-7-26-18)15(14)11-8-12(19)16(24-4)13(9-11)23-3/h6-9,15H,5H2,1-4H3. The van der Waals surface area contributed by atoms with Crippen molar-refractivity contribution >= 4 is 38.8 Å². The number of hydrogen-bond acceptors (Lipinski definition) is 7. The summed E-state index contributed by atoms with van der Waals surface area (Å²) in [5.74, 6) is 0.817. The number of aliphatic imine (C=N–C) groups is 1. The van der Waals surface area contributed by atoms with Crippen LogP contribution in [0.15, 0.2) is 44.5 Å². The first kappa shape index (κ1) is 18.8. The zero-order valence-corrected chi connectivity index (χ0v) is 17.3. The molecule has 0 N–H and O–H groups in total. The number of methoxy groups -OCH3 is 2. The second-order valence-corrected chi connectivity index (χ2v) is 7.29. The topological polar surface area (TPSA) is 60.4 Å². The highest BCUT2D eigenvalue weighted by Gasteiger charge is 2.38. The maximum atomic E-state index is 12.7. The molecule has 3 rings (SSSR count). The van der Waals surface area contributed by atoms with E-state index < -0.39 is 0 Å². The Morgan fingerprint density at radius 2 is 2.12 bits per heavy atom. The Kier molecular flexibility index (Phi) is 5.62. The fraction of sp³-hybridized carbons (Fsp3) is 0.333. The number of allylic oxidation sites excluding steroid dienone is 1. The van der Waals surface area contributed by atoms with Crippen molar-refractivity contribution in [3.8, 4) is 11.5 Å². The van der Waals surface area contributed by atoms with Crippen LogP contribution in [-0.4, -0.2) is 36.9 Å². The van der Waals surface area contributed by atoms with E-state index in [0.717, 1.165) is 15.2 Å². The zero-order valence-electron chi connectivity index (χ0n) is 14.9. The summed E-state index contributed by atoms with van der Waals surface area (Å²) in [5, 5.41) is 2.77.